The molecule has 20 heavy (non-hydrogen) atoms. The predicted octanol–water partition coefficient (Wildman–Crippen LogP) is 2.69. The molecule has 0 spiro atoms. The molecule has 0 fully saturated rings. The molecule has 2 atom stereocenters. The molecule has 7 heteroatoms. The van der Waals surface area contributed by atoms with Crippen LogP contribution in [0.15, 0.2) is 18.2 Å². The summed E-state index contributed by atoms with van der Waals surface area (Å²) in [4.78, 5) is 10.8. The molecular formula is C13H15F3O3S. The van der Waals surface area contributed by atoms with Crippen molar-refractivity contribution < 1.29 is 28.2 Å². The third-order valence-corrected chi connectivity index (χ3v) is 3.74. The number of carbonyl (C=O) groups is 1. The highest BCUT2D eigenvalue weighted by molar-refractivity contribution is 8.13. The van der Waals surface area contributed by atoms with Gasteiger partial charge in [-0.2, -0.15) is 13.2 Å². The van der Waals surface area contributed by atoms with Crippen LogP contribution in [-0.4, -0.2) is 27.2 Å². The van der Waals surface area contributed by atoms with Crippen LogP contribution < -0.4 is 0 Å². The van der Waals surface area contributed by atoms with Crippen LogP contribution in [0.25, 0.3) is 0 Å². The normalized spacial score (nSPS) is 14.9. The van der Waals surface area contributed by atoms with Gasteiger partial charge in [-0.3, -0.25) is 4.79 Å². The lowest BCUT2D eigenvalue weighted by atomic mass is 9.96. The second-order valence-electron chi connectivity index (χ2n) is 4.33. The Balaban J connectivity index is 2.99. The molecule has 2 N–H and O–H groups in total. The minimum atomic E-state index is -4.51. The van der Waals surface area contributed by atoms with Crippen molar-refractivity contribution in [2.75, 3.05) is 5.75 Å². The SMILES string of the molecule is CC(=O)SCC(O)C(O)c1cccc(C(F)(F)F)c1C. The number of alkyl halides is 3. The minimum Gasteiger partial charge on any atom is -0.389 e. The topological polar surface area (TPSA) is 57.5 Å². The molecule has 1 rings (SSSR count). The molecule has 0 amide bonds. The molecule has 0 saturated carbocycles. The largest absolute Gasteiger partial charge is 0.416 e. The highest BCUT2D eigenvalue weighted by Gasteiger charge is 2.34. The first-order chi connectivity index (χ1) is 9.14. The Labute approximate surface area is 118 Å². The molecule has 0 bridgehead atoms. The second-order valence-corrected chi connectivity index (χ2v) is 5.53. The van der Waals surface area contributed by atoms with Gasteiger partial charge in [0.2, 0.25) is 0 Å². The fourth-order valence-electron chi connectivity index (χ4n) is 1.78. The molecule has 1 aromatic carbocycles. The van der Waals surface area contributed by atoms with Gasteiger partial charge in [-0.15, -0.1) is 0 Å². The Morgan fingerprint density at radius 2 is 1.95 bits per heavy atom. The minimum absolute atomic E-state index is 0.0106. The van der Waals surface area contributed by atoms with E-state index in [-0.39, 0.29) is 22.0 Å². The first-order valence-electron chi connectivity index (χ1n) is 5.80. The number of rotatable bonds is 4. The monoisotopic (exact) mass is 308 g/mol. The molecule has 0 radical (unpaired) electrons. The summed E-state index contributed by atoms with van der Waals surface area (Å²) < 4.78 is 38.3. The zero-order chi connectivity index (χ0) is 15.5. The van der Waals surface area contributed by atoms with Gasteiger partial charge in [0, 0.05) is 12.7 Å². The van der Waals surface area contributed by atoms with Gasteiger partial charge < -0.3 is 10.2 Å². The van der Waals surface area contributed by atoms with E-state index >= 15 is 0 Å². The van der Waals surface area contributed by atoms with E-state index in [1.54, 1.807) is 0 Å². The highest BCUT2D eigenvalue weighted by Crippen LogP contribution is 2.35. The first-order valence-corrected chi connectivity index (χ1v) is 6.79. The van der Waals surface area contributed by atoms with E-state index in [1.165, 1.54) is 26.0 Å². The van der Waals surface area contributed by atoms with Gasteiger partial charge in [-0.25, -0.2) is 0 Å². The van der Waals surface area contributed by atoms with Gasteiger partial charge >= 0.3 is 6.18 Å². The second kappa shape index (κ2) is 6.60. The molecule has 0 heterocycles. The van der Waals surface area contributed by atoms with Crippen molar-refractivity contribution in [3.05, 3.63) is 34.9 Å². The van der Waals surface area contributed by atoms with Gasteiger partial charge in [0.15, 0.2) is 5.12 Å². The van der Waals surface area contributed by atoms with Crippen LogP contribution in [0, 0.1) is 6.92 Å². The molecule has 0 aliphatic rings. The zero-order valence-corrected chi connectivity index (χ0v) is 11.8. The van der Waals surface area contributed by atoms with E-state index in [0.717, 1.165) is 17.8 Å². The number of hydrogen-bond acceptors (Lipinski definition) is 4. The van der Waals surface area contributed by atoms with Crippen molar-refractivity contribution in [2.24, 2.45) is 0 Å². The highest BCUT2D eigenvalue weighted by atomic mass is 32.2. The maximum atomic E-state index is 12.8. The lowest BCUT2D eigenvalue weighted by Gasteiger charge is -2.21. The third-order valence-electron chi connectivity index (χ3n) is 2.82. The molecule has 3 nitrogen and oxygen atoms in total. The van der Waals surface area contributed by atoms with E-state index in [0.29, 0.717) is 0 Å². The average molecular weight is 308 g/mol. The van der Waals surface area contributed by atoms with Crippen LogP contribution >= 0.6 is 11.8 Å². The summed E-state index contributed by atoms with van der Waals surface area (Å²) in [6.45, 7) is 2.55. The number of hydrogen-bond donors (Lipinski definition) is 2. The van der Waals surface area contributed by atoms with Crippen molar-refractivity contribution >= 4 is 16.9 Å². The number of aliphatic hydroxyl groups is 2. The molecule has 0 saturated heterocycles. The van der Waals surface area contributed by atoms with E-state index in [9.17, 15) is 28.2 Å². The molecule has 0 aliphatic carbocycles. The number of aliphatic hydroxyl groups excluding tert-OH is 2. The summed E-state index contributed by atoms with van der Waals surface area (Å²) in [5.74, 6) is -0.0772. The molecule has 2 unspecified atom stereocenters. The fourth-order valence-corrected chi connectivity index (χ4v) is 2.37. The van der Waals surface area contributed by atoms with E-state index in [4.69, 9.17) is 0 Å². The Kier molecular flexibility index (Phi) is 5.61. The van der Waals surface area contributed by atoms with Crippen molar-refractivity contribution in [1.29, 1.82) is 0 Å². The predicted molar refractivity (Wildman–Crippen MR) is 70.3 cm³/mol. The maximum Gasteiger partial charge on any atom is 0.416 e. The molecule has 112 valence electrons. The summed E-state index contributed by atoms with van der Waals surface area (Å²) in [6.07, 6.45) is -7.30. The van der Waals surface area contributed by atoms with E-state index in [1.807, 2.05) is 0 Å². The van der Waals surface area contributed by atoms with Crippen molar-refractivity contribution in [1.82, 2.24) is 0 Å². The zero-order valence-electron chi connectivity index (χ0n) is 10.9. The van der Waals surface area contributed by atoms with Gasteiger partial charge in [-0.1, -0.05) is 23.9 Å². The summed E-state index contributed by atoms with van der Waals surface area (Å²) in [6, 6.07) is 3.43. The number of carbonyl (C=O) groups excluding carboxylic acids is 1. The van der Waals surface area contributed by atoms with Crippen molar-refractivity contribution in [2.45, 2.75) is 32.2 Å². The molecule has 0 aliphatic heterocycles. The Morgan fingerprint density at radius 3 is 2.45 bits per heavy atom. The van der Waals surface area contributed by atoms with Crippen molar-refractivity contribution in [3.63, 3.8) is 0 Å². The Bertz CT molecular complexity index is 488. The van der Waals surface area contributed by atoms with E-state index < -0.39 is 23.9 Å². The third kappa shape index (κ3) is 4.22. The Hall–Kier alpha value is -1.05. The van der Waals surface area contributed by atoms with Crippen LogP contribution in [0.2, 0.25) is 0 Å². The first kappa shape index (κ1) is 17.0. The summed E-state index contributed by atoms with van der Waals surface area (Å²) in [7, 11) is 0. The van der Waals surface area contributed by atoms with Crippen LogP contribution in [0.4, 0.5) is 13.2 Å². The standard InChI is InChI=1S/C13H15F3O3S/c1-7-9(4-3-5-10(7)13(14,15)16)12(19)11(18)6-20-8(2)17/h3-5,11-12,18-19H,6H2,1-2H3. The Morgan fingerprint density at radius 1 is 1.35 bits per heavy atom. The van der Waals surface area contributed by atoms with Crippen LogP contribution in [0.3, 0.4) is 0 Å². The summed E-state index contributed by atoms with van der Waals surface area (Å²) in [5, 5.41) is 19.4. The average Bonchev–Trinajstić information content (AvgIpc) is 2.33. The molecule has 1 aromatic rings. The number of halogens is 3. The lowest BCUT2D eigenvalue weighted by Crippen LogP contribution is -2.23. The van der Waals surface area contributed by atoms with Crippen LogP contribution in [0.5, 0.6) is 0 Å². The number of thioether (sulfide) groups is 1. The lowest BCUT2D eigenvalue weighted by molar-refractivity contribution is -0.138. The fraction of sp³-hybridized carbons (Fsp3) is 0.462. The molecular weight excluding hydrogens is 293 g/mol. The van der Waals surface area contributed by atoms with Crippen molar-refractivity contribution in [3.8, 4) is 0 Å². The van der Waals surface area contributed by atoms with Crippen LogP contribution in [0.1, 0.15) is 29.7 Å². The van der Waals surface area contributed by atoms with Gasteiger partial charge in [0.25, 0.3) is 0 Å². The van der Waals surface area contributed by atoms with Gasteiger partial charge in [-0.05, 0) is 24.1 Å². The quantitative estimate of drug-likeness (QED) is 0.898. The molecule has 0 aromatic heterocycles. The smallest absolute Gasteiger partial charge is 0.389 e. The summed E-state index contributed by atoms with van der Waals surface area (Å²) >= 11 is 0.807. The number of benzene rings is 1. The van der Waals surface area contributed by atoms with Gasteiger partial charge in [0.1, 0.15) is 6.10 Å². The summed E-state index contributed by atoms with van der Waals surface area (Å²) in [5.41, 5.74) is -0.962. The van der Waals surface area contributed by atoms with Crippen LogP contribution in [-0.2, 0) is 11.0 Å². The van der Waals surface area contributed by atoms with Gasteiger partial charge in [0.05, 0.1) is 11.7 Å². The maximum absolute atomic E-state index is 12.8. The van der Waals surface area contributed by atoms with E-state index in [2.05, 4.69) is 0 Å².